The number of benzene rings is 3. The predicted molar refractivity (Wildman–Crippen MR) is 160 cm³/mol. The topological polar surface area (TPSA) is 102 Å². The maximum absolute atomic E-state index is 11.9. The molecule has 3 aromatic rings. The Morgan fingerprint density at radius 2 is 1.71 bits per heavy atom. The minimum Gasteiger partial charge on any atom is -0.493 e. The highest BCUT2D eigenvalue weighted by atomic mass is 16.5. The number of carbonyl (C=O) groups excluding carboxylic acids is 2. The third-order valence-electron chi connectivity index (χ3n) is 7.26. The van der Waals surface area contributed by atoms with Crippen molar-refractivity contribution in [3.8, 4) is 5.75 Å². The van der Waals surface area contributed by atoms with Crippen LogP contribution in [0, 0.1) is 5.92 Å². The Balaban J connectivity index is 1.42. The van der Waals surface area contributed by atoms with Gasteiger partial charge in [-0.15, -0.1) is 0 Å². The molecule has 1 aliphatic heterocycles. The standard InChI is InChI=1S/C34H37NO7/c1-40-34(39)30-17-12-27(13-18-30)23-26(8-7-25-9-15-29(16-10-25)33(37)38)11-14-28-5-2-3-6-31(28)42-21-4-19-35-20-22-41-24-32(35)36/h2-3,5-6,9-18,26H,4,7-8,19-24H2,1H3,(H,37,38). The molecule has 0 aliphatic carbocycles. The lowest BCUT2D eigenvalue weighted by Crippen LogP contribution is -2.42. The zero-order chi connectivity index (χ0) is 29.7. The molecule has 0 spiro atoms. The number of para-hydroxylation sites is 1. The highest BCUT2D eigenvalue weighted by Gasteiger charge is 2.17. The van der Waals surface area contributed by atoms with Gasteiger partial charge in [-0.05, 0) is 73.1 Å². The first kappa shape index (κ1) is 30.5. The second-order valence-electron chi connectivity index (χ2n) is 10.2. The first-order valence-corrected chi connectivity index (χ1v) is 14.2. The molecule has 0 saturated carbocycles. The Hall–Kier alpha value is -4.43. The summed E-state index contributed by atoms with van der Waals surface area (Å²) in [4.78, 5) is 36.8. The molecule has 0 radical (unpaired) electrons. The van der Waals surface area contributed by atoms with Crippen LogP contribution in [0.25, 0.3) is 6.08 Å². The normalized spacial score (nSPS) is 14.1. The number of hydrogen-bond donors (Lipinski definition) is 1. The van der Waals surface area contributed by atoms with Crippen molar-refractivity contribution in [3.05, 3.63) is 107 Å². The molecule has 0 aromatic heterocycles. The summed E-state index contributed by atoms with van der Waals surface area (Å²) in [5, 5.41) is 9.20. The number of morpholine rings is 1. The monoisotopic (exact) mass is 571 g/mol. The Morgan fingerprint density at radius 1 is 1.00 bits per heavy atom. The summed E-state index contributed by atoms with van der Waals surface area (Å²) >= 11 is 0. The zero-order valence-electron chi connectivity index (χ0n) is 23.9. The van der Waals surface area contributed by atoms with E-state index in [1.807, 2.05) is 53.4 Å². The van der Waals surface area contributed by atoms with Gasteiger partial charge in [0.1, 0.15) is 12.4 Å². The van der Waals surface area contributed by atoms with E-state index in [9.17, 15) is 19.5 Å². The maximum Gasteiger partial charge on any atom is 0.337 e. The largest absolute Gasteiger partial charge is 0.493 e. The van der Waals surface area contributed by atoms with Gasteiger partial charge in [-0.3, -0.25) is 4.79 Å². The first-order valence-electron chi connectivity index (χ1n) is 14.2. The summed E-state index contributed by atoms with van der Waals surface area (Å²) in [5.74, 6) is -0.321. The summed E-state index contributed by atoms with van der Waals surface area (Å²) in [6.45, 7) is 2.49. The summed E-state index contributed by atoms with van der Waals surface area (Å²) in [6.07, 6.45) is 7.40. The van der Waals surface area contributed by atoms with Crippen LogP contribution >= 0.6 is 0 Å². The maximum atomic E-state index is 11.9. The number of carboxylic acids is 1. The van der Waals surface area contributed by atoms with Crippen molar-refractivity contribution >= 4 is 23.9 Å². The minimum absolute atomic E-state index is 0.0217. The van der Waals surface area contributed by atoms with Crippen molar-refractivity contribution in [2.75, 3.05) is 40.0 Å². The number of aromatic carboxylic acids is 1. The Morgan fingerprint density at radius 3 is 2.43 bits per heavy atom. The molecule has 3 aromatic carbocycles. The highest BCUT2D eigenvalue weighted by molar-refractivity contribution is 5.89. The van der Waals surface area contributed by atoms with Gasteiger partial charge in [0.25, 0.3) is 0 Å². The van der Waals surface area contributed by atoms with Crippen molar-refractivity contribution in [2.24, 2.45) is 5.92 Å². The number of carbonyl (C=O) groups is 3. The molecule has 220 valence electrons. The van der Waals surface area contributed by atoms with Crippen LogP contribution in [-0.4, -0.2) is 67.9 Å². The fourth-order valence-corrected chi connectivity index (χ4v) is 4.84. The number of amides is 1. The van der Waals surface area contributed by atoms with Gasteiger partial charge < -0.3 is 24.2 Å². The van der Waals surface area contributed by atoms with E-state index in [0.717, 1.165) is 48.1 Å². The SMILES string of the molecule is COC(=O)c1ccc(CC(C=Cc2ccccc2OCCCN2CCOCC2=O)CCc2ccc(C(=O)O)cc2)cc1. The Kier molecular flexibility index (Phi) is 11.3. The quantitative estimate of drug-likeness (QED) is 0.207. The molecular formula is C34H37NO7. The van der Waals surface area contributed by atoms with Gasteiger partial charge in [0.15, 0.2) is 0 Å². The molecular weight excluding hydrogens is 534 g/mol. The van der Waals surface area contributed by atoms with Gasteiger partial charge >= 0.3 is 11.9 Å². The summed E-state index contributed by atoms with van der Waals surface area (Å²) in [5.41, 5.74) is 3.92. The lowest BCUT2D eigenvalue weighted by molar-refractivity contribution is -0.142. The molecule has 1 N–H and O–H groups in total. The Bertz CT molecular complexity index is 1370. The van der Waals surface area contributed by atoms with E-state index in [1.165, 1.54) is 7.11 Å². The second kappa shape index (κ2) is 15.5. The van der Waals surface area contributed by atoms with Crippen molar-refractivity contribution in [2.45, 2.75) is 25.7 Å². The zero-order valence-corrected chi connectivity index (χ0v) is 23.9. The third kappa shape index (κ3) is 9.04. The minimum atomic E-state index is -0.937. The molecule has 1 aliphatic rings. The molecule has 1 heterocycles. The molecule has 8 nitrogen and oxygen atoms in total. The van der Waals surface area contributed by atoms with E-state index in [0.29, 0.717) is 31.9 Å². The third-order valence-corrected chi connectivity index (χ3v) is 7.26. The van der Waals surface area contributed by atoms with E-state index in [1.54, 1.807) is 24.3 Å². The Labute approximate surface area is 246 Å². The predicted octanol–water partition coefficient (Wildman–Crippen LogP) is 5.30. The van der Waals surface area contributed by atoms with Crippen LogP contribution in [0.4, 0.5) is 0 Å². The molecule has 1 amide bonds. The lowest BCUT2D eigenvalue weighted by Gasteiger charge is -2.26. The number of methoxy groups -OCH3 is 1. The van der Waals surface area contributed by atoms with Crippen LogP contribution in [0.1, 0.15) is 50.2 Å². The van der Waals surface area contributed by atoms with Crippen LogP contribution in [0.3, 0.4) is 0 Å². The molecule has 42 heavy (non-hydrogen) atoms. The lowest BCUT2D eigenvalue weighted by atomic mass is 9.91. The summed E-state index contributed by atoms with van der Waals surface area (Å²) in [7, 11) is 1.37. The average molecular weight is 572 g/mol. The number of carboxylic acid groups (broad SMARTS) is 1. The molecule has 1 fully saturated rings. The number of allylic oxidation sites excluding steroid dienone is 1. The number of esters is 1. The van der Waals surface area contributed by atoms with Gasteiger partial charge in [-0.1, -0.05) is 54.6 Å². The fraction of sp³-hybridized carbons (Fsp3) is 0.324. The molecule has 0 bridgehead atoms. The van der Waals surface area contributed by atoms with Crippen molar-refractivity contribution in [1.82, 2.24) is 4.90 Å². The van der Waals surface area contributed by atoms with Gasteiger partial charge in [0.2, 0.25) is 5.91 Å². The smallest absolute Gasteiger partial charge is 0.337 e. The van der Waals surface area contributed by atoms with E-state index in [2.05, 4.69) is 12.2 Å². The van der Waals surface area contributed by atoms with E-state index >= 15 is 0 Å². The molecule has 8 heteroatoms. The number of aryl methyl sites for hydroxylation is 1. The molecule has 1 unspecified atom stereocenters. The van der Waals surface area contributed by atoms with Crippen LogP contribution in [0.15, 0.2) is 78.9 Å². The summed E-state index contributed by atoms with van der Waals surface area (Å²) < 4.78 is 16.1. The molecule has 1 saturated heterocycles. The first-order chi connectivity index (χ1) is 20.4. The van der Waals surface area contributed by atoms with Crippen LogP contribution in [0.2, 0.25) is 0 Å². The van der Waals surface area contributed by atoms with Crippen LogP contribution in [0.5, 0.6) is 5.75 Å². The number of rotatable bonds is 14. The van der Waals surface area contributed by atoms with Crippen molar-refractivity contribution < 1.29 is 33.7 Å². The number of nitrogens with zero attached hydrogens (tertiary/aromatic N) is 1. The molecule has 4 rings (SSSR count). The van der Waals surface area contributed by atoms with Crippen LogP contribution in [-0.2, 0) is 27.1 Å². The van der Waals surface area contributed by atoms with Gasteiger partial charge in [-0.25, -0.2) is 9.59 Å². The van der Waals surface area contributed by atoms with E-state index < -0.39 is 5.97 Å². The number of ether oxygens (including phenoxy) is 3. The van der Waals surface area contributed by atoms with Gasteiger partial charge in [-0.2, -0.15) is 0 Å². The average Bonchev–Trinajstić information content (AvgIpc) is 3.02. The fourth-order valence-electron chi connectivity index (χ4n) is 4.84. The van der Waals surface area contributed by atoms with Crippen molar-refractivity contribution in [3.63, 3.8) is 0 Å². The van der Waals surface area contributed by atoms with E-state index in [-0.39, 0.29) is 30.0 Å². The molecule has 1 atom stereocenters. The second-order valence-corrected chi connectivity index (χ2v) is 10.2. The summed E-state index contributed by atoms with van der Waals surface area (Å²) in [6, 6.07) is 22.3. The van der Waals surface area contributed by atoms with Crippen LogP contribution < -0.4 is 4.74 Å². The van der Waals surface area contributed by atoms with E-state index in [4.69, 9.17) is 14.2 Å². The van der Waals surface area contributed by atoms with Crippen molar-refractivity contribution in [1.29, 1.82) is 0 Å². The number of hydrogen-bond acceptors (Lipinski definition) is 6. The highest BCUT2D eigenvalue weighted by Crippen LogP contribution is 2.24. The van der Waals surface area contributed by atoms with Gasteiger partial charge in [0, 0.05) is 18.7 Å². The van der Waals surface area contributed by atoms with Gasteiger partial charge in [0.05, 0.1) is 31.5 Å².